The lowest BCUT2D eigenvalue weighted by Crippen LogP contribution is -2.13. The molecule has 0 saturated heterocycles. The summed E-state index contributed by atoms with van der Waals surface area (Å²) in [4.78, 5) is 12.3. The van der Waals surface area contributed by atoms with Crippen molar-refractivity contribution < 1.29 is 13.7 Å². The highest BCUT2D eigenvalue weighted by Crippen LogP contribution is 2.19. The van der Waals surface area contributed by atoms with Gasteiger partial charge in [0.05, 0.1) is 17.9 Å². The lowest BCUT2D eigenvalue weighted by atomic mass is 10.1. The topological polar surface area (TPSA) is 43.4 Å². The first-order valence-electron chi connectivity index (χ1n) is 6.84. The van der Waals surface area contributed by atoms with Crippen LogP contribution >= 0.6 is 0 Å². The van der Waals surface area contributed by atoms with Crippen LogP contribution in [0.4, 0.5) is 0 Å². The number of hydrogen-bond donors (Lipinski definition) is 0. The SMILES string of the molecule is CCOc1ccccc1C(=O)CS(=O)Cc1ccccc1. The Morgan fingerprint density at radius 1 is 1.05 bits per heavy atom. The number of ketones is 1. The smallest absolute Gasteiger partial charge is 0.179 e. The van der Waals surface area contributed by atoms with Crippen molar-refractivity contribution in [2.75, 3.05) is 12.4 Å². The van der Waals surface area contributed by atoms with E-state index in [0.29, 0.717) is 23.7 Å². The van der Waals surface area contributed by atoms with Crippen molar-refractivity contribution in [2.45, 2.75) is 12.7 Å². The van der Waals surface area contributed by atoms with Crippen LogP contribution in [-0.4, -0.2) is 22.4 Å². The average molecular weight is 302 g/mol. The maximum atomic E-state index is 12.3. The van der Waals surface area contributed by atoms with Crippen molar-refractivity contribution in [1.29, 1.82) is 0 Å². The molecule has 4 heteroatoms. The van der Waals surface area contributed by atoms with Crippen molar-refractivity contribution in [3.63, 3.8) is 0 Å². The van der Waals surface area contributed by atoms with Crippen LogP contribution in [0.5, 0.6) is 5.75 Å². The van der Waals surface area contributed by atoms with Crippen LogP contribution in [0.15, 0.2) is 54.6 Å². The zero-order valence-electron chi connectivity index (χ0n) is 12.0. The number of rotatable bonds is 7. The first kappa shape index (κ1) is 15.4. The molecule has 21 heavy (non-hydrogen) atoms. The molecule has 2 aromatic carbocycles. The molecule has 110 valence electrons. The summed E-state index contributed by atoms with van der Waals surface area (Å²) < 4.78 is 17.6. The van der Waals surface area contributed by atoms with E-state index in [0.717, 1.165) is 5.56 Å². The monoisotopic (exact) mass is 302 g/mol. The molecule has 0 aromatic heterocycles. The Bertz CT molecular complexity index is 623. The van der Waals surface area contributed by atoms with Crippen molar-refractivity contribution >= 4 is 16.6 Å². The van der Waals surface area contributed by atoms with Gasteiger partial charge >= 0.3 is 0 Å². The minimum absolute atomic E-state index is 0.0129. The van der Waals surface area contributed by atoms with Crippen LogP contribution < -0.4 is 4.74 Å². The highest BCUT2D eigenvalue weighted by molar-refractivity contribution is 7.85. The first-order valence-corrected chi connectivity index (χ1v) is 8.33. The Morgan fingerprint density at radius 3 is 2.43 bits per heavy atom. The number of hydrogen-bond acceptors (Lipinski definition) is 3. The van der Waals surface area contributed by atoms with Crippen LogP contribution in [0.3, 0.4) is 0 Å². The molecular formula is C17H18O3S. The van der Waals surface area contributed by atoms with Gasteiger partial charge in [0.2, 0.25) is 0 Å². The largest absolute Gasteiger partial charge is 0.493 e. The standard InChI is InChI=1S/C17H18O3S/c1-2-20-17-11-7-6-10-15(17)16(18)13-21(19)12-14-8-4-3-5-9-14/h3-11H,2,12-13H2,1H3. The number of ether oxygens (including phenoxy) is 1. The highest BCUT2D eigenvalue weighted by atomic mass is 32.2. The maximum Gasteiger partial charge on any atom is 0.179 e. The summed E-state index contributed by atoms with van der Waals surface area (Å²) >= 11 is 0. The number of benzene rings is 2. The summed E-state index contributed by atoms with van der Waals surface area (Å²) in [5.74, 6) is 0.817. The summed E-state index contributed by atoms with van der Waals surface area (Å²) in [5, 5.41) is 0. The second-order valence-corrected chi connectivity index (χ2v) is 6.02. The molecule has 0 N–H and O–H groups in total. The van der Waals surface area contributed by atoms with E-state index in [9.17, 15) is 9.00 Å². The fourth-order valence-electron chi connectivity index (χ4n) is 2.01. The molecule has 0 spiro atoms. The summed E-state index contributed by atoms with van der Waals surface area (Å²) in [6.45, 7) is 2.37. The van der Waals surface area contributed by atoms with Gasteiger partial charge in [0.25, 0.3) is 0 Å². The van der Waals surface area contributed by atoms with Gasteiger partial charge in [-0.1, -0.05) is 42.5 Å². The summed E-state index contributed by atoms with van der Waals surface area (Å²) in [5.41, 5.74) is 1.47. The van der Waals surface area contributed by atoms with Crippen molar-refractivity contribution in [3.05, 3.63) is 65.7 Å². The first-order chi connectivity index (χ1) is 10.2. The van der Waals surface area contributed by atoms with Crippen LogP contribution in [0.1, 0.15) is 22.8 Å². The van der Waals surface area contributed by atoms with Crippen molar-refractivity contribution in [3.8, 4) is 5.75 Å². The molecule has 2 rings (SSSR count). The van der Waals surface area contributed by atoms with Gasteiger partial charge in [-0.25, -0.2) is 0 Å². The van der Waals surface area contributed by atoms with Crippen molar-refractivity contribution in [1.82, 2.24) is 0 Å². The van der Waals surface area contributed by atoms with Gasteiger partial charge in [0.1, 0.15) is 5.75 Å². The second-order valence-electron chi connectivity index (χ2n) is 4.57. The second kappa shape index (κ2) is 7.74. The van der Waals surface area contributed by atoms with Gasteiger partial charge in [0.15, 0.2) is 5.78 Å². The predicted molar refractivity (Wildman–Crippen MR) is 85.1 cm³/mol. The van der Waals surface area contributed by atoms with Crippen LogP contribution in [-0.2, 0) is 16.6 Å². The minimum Gasteiger partial charge on any atom is -0.493 e. The third-order valence-electron chi connectivity index (χ3n) is 2.95. The van der Waals surface area contributed by atoms with Gasteiger partial charge in [-0.3, -0.25) is 9.00 Å². The minimum atomic E-state index is -1.22. The van der Waals surface area contributed by atoms with E-state index in [1.165, 1.54) is 0 Å². The molecule has 0 aliphatic heterocycles. The third kappa shape index (κ3) is 4.53. The zero-order valence-corrected chi connectivity index (χ0v) is 12.8. The Kier molecular flexibility index (Phi) is 5.69. The van der Waals surface area contributed by atoms with Crippen molar-refractivity contribution in [2.24, 2.45) is 0 Å². The number of carbonyl (C=O) groups is 1. The summed E-state index contributed by atoms with van der Waals surface area (Å²) in [7, 11) is -1.22. The van der Waals surface area contributed by atoms with E-state index in [-0.39, 0.29) is 11.5 Å². The molecule has 0 saturated carbocycles. The molecule has 0 aliphatic carbocycles. The fourth-order valence-corrected chi connectivity index (χ4v) is 3.13. The van der Waals surface area contributed by atoms with Gasteiger partial charge in [0, 0.05) is 16.6 Å². The summed E-state index contributed by atoms with van der Waals surface area (Å²) in [6, 6.07) is 16.6. The van der Waals surface area contributed by atoms with Crippen LogP contribution in [0.25, 0.3) is 0 Å². The Hall–Kier alpha value is -1.94. The van der Waals surface area contributed by atoms with Crippen LogP contribution in [0, 0.1) is 0 Å². The zero-order chi connectivity index (χ0) is 15.1. The average Bonchev–Trinajstić information content (AvgIpc) is 2.49. The van der Waals surface area contributed by atoms with E-state index in [1.54, 1.807) is 18.2 Å². The van der Waals surface area contributed by atoms with Gasteiger partial charge < -0.3 is 4.74 Å². The lowest BCUT2D eigenvalue weighted by Gasteiger charge is -2.09. The fraction of sp³-hybridized carbons (Fsp3) is 0.235. The number of carbonyl (C=O) groups excluding carboxylic acids is 1. The predicted octanol–water partition coefficient (Wildman–Crippen LogP) is 3.22. The Balaban J connectivity index is 2.03. The molecule has 0 heterocycles. The summed E-state index contributed by atoms with van der Waals surface area (Å²) in [6.07, 6.45) is 0. The quantitative estimate of drug-likeness (QED) is 0.738. The molecule has 1 atom stereocenters. The molecule has 0 radical (unpaired) electrons. The number of para-hydroxylation sites is 1. The normalized spacial score (nSPS) is 11.9. The molecule has 0 aliphatic rings. The van der Waals surface area contributed by atoms with Gasteiger partial charge in [-0.2, -0.15) is 0 Å². The lowest BCUT2D eigenvalue weighted by molar-refractivity contribution is 0.101. The highest BCUT2D eigenvalue weighted by Gasteiger charge is 2.15. The van der Waals surface area contributed by atoms with E-state index in [2.05, 4.69) is 0 Å². The molecule has 2 aromatic rings. The van der Waals surface area contributed by atoms with E-state index in [4.69, 9.17) is 4.74 Å². The van der Waals surface area contributed by atoms with Gasteiger partial charge in [-0.15, -0.1) is 0 Å². The molecule has 3 nitrogen and oxygen atoms in total. The Morgan fingerprint density at radius 2 is 1.71 bits per heavy atom. The molecule has 1 unspecified atom stereocenters. The Labute approximate surface area is 127 Å². The maximum absolute atomic E-state index is 12.3. The van der Waals surface area contributed by atoms with Crippen LogP contribution in [0.2, 0.25) is 0 Å². The molecular weight excluding hydrogens is 284 g/mol. The van der Waals surface area contributed by atoms with Gasteiger partial charge in [-0.05, 0) is 24.6 Å². The molecule has 0 amide bonds. The van der Waals surface area contributed by atoms with E-state index in [1.807, 2.05) is 43.3 Å². The molecule has 0 bridgehead atoms. The molecule has 0 fully saturated rings. The third-order valence-corrected chi connectivity index (χ3v) is 4.19. The van der Waals surface area contributed by atoms with E-state index < -0.39 is 10.8 Å². The van der Waals surface area contributed by atoms with E-state index >= 15 is 0 Å². The number of Topliss-reactive ketones (excluding diaryl/α,β-unsaturated/α-hetero) is 1.